The molecule has 0 aliphatic carbocycles. The largest absolute Gasteiger partial charge is 0.756 e. The number of nitrogens with zero attached hydrogens (tertiary/aromatic N) is 1. The minimum atomic E-state index is -4.56. The third-order valence-corrected chi connectivity index (χ3v) is 7.68. The van der Waals surface area contributed by atoms with E-state index in [0.717, 1.165) is 70.6 Å². The third kappa shape index (κ3) is 28.9. The summed E-state index contributed by atoms with van der Waals surface area (Å²) < 4.78 is 22.7. The van der Waals surface area contributed by atoms with Crippen molar-refractivity contribution in [2.24, 2.45) is 0 Å². The van der Waals surface area contributed by atoms with E-state index in [4.69, 9.17) is 9.05 Å². The average molecular weight is 639 g/mol. The number of phosphoric acid groups is 1. The molecule has 0 saturated heterocycles. The second-order valence-corrected chi connectivity index (χ2v) is 13.5. The average Bonchev–Trinajstić information content (AvgIpc) is 2.95. The van der Waals surface area contributed by atoms with Crippen molar-refractivity contribution in [3.05, 3.63) is 60.8 Å². The summed E-state index contributed by atoms with van der Waals surface area (Å²) in [7, 11) is 1.23. The van der Waals surface area contributed by atoms with Gasteiger partial charge >= 0.3 is 0 Å². The molecule has 44 heavy (non-hydrogen) atoms. The number of nitrogens with one attached hydrogen (secondary N) is 1. The van der Waals surface area contributed by atoms with Crippen LogP contribution in [-0.2, 0) is 18.4 Å². The second kappa shape index (κ2) is 27.5. The highest BCUT2D eigenvalue weighted by Crippen LogP contribution is 2.38. The smallest absolute Gasteiger partial charge is 0.268 e. The van der Waals surface area contributed by atoms with E-state index < -0.39 is 26.6 Å². The van der Waals surface area contributed by atoms with Gasteiger partial charge in [-0.3, -0.25) is 9.36 Å². The molecule has 0 bridgehead atoms. The standard InChI is InChI=1S/C35H63N2O6P/c1-6-8-10-11-12-13-14-15-16-17-18-19-20-21-22-23-24-25-27-29-35(39)36-33(34(38)28-26-9-7-2)32-43-44(40,41)42-31-30-37(3,4)5/h8,10,12-13,15-16,18-19,26,28,33-34,38H,6-7,9,11,14,17,20-25,27,29-32H2,1-5H3,(H-,36,39,40,41)/b10-8-,13-12-,16-15-,19-18-,28-26+. The highest BCUT2D eigenvalue weighted by atomic mass is 31.2. The minimum absolute atomic E-state index is 0.00923. The lowest BCUT2D eigenvalue weighted by atomic mass is 10.1. The van der Waals surface area contributed by atoms with Gasteiger partial charge in [0.05, 0.1) is 39.9 Å². The number of amides is 1. The van der Waals surface area contributed by atoms with E-state index in [-0.39, 0.29) is 12.5 Å². The Morgan fingerprint density at radius 3 is 1.98 bits per heavy atom. The Hall–Kier alpha value is -1.80. The molecular formula is C35H63N2O6P. The van der Waals surface area contributed by atoms with Gasteiger partial charge < -0.3 is 28.8 Å². The number of unbranched alkanes of at least 4 members (excludes halogenated alkanes) is 7. The van der Waals surface area contributed by atoms with Crippen molar-refractivity contribution < 1.29 is 32.9 Å². The van der Waals surface area contributed by atoms with Crippen LogP contribution in [0.2, 0.25) is 0 Å². The van der Waals surface area contributed by atoms with Gasteiger partial charge in [-0.1, -0.05) is 107 Å². The number of allylic oxidation sites excluding steroid dienone is 9. The molecule has 8 nitrogen and oxygen atoms in total. The Labute approximate surface area is 269 Å². The Bertz CT molecular complexity index is 907. The van der Waals surface area contributed by atoms with Gasteiger partial charge in [-0.15, -0.1) is 0 Å². The molecule has 0 rings (SSSR count). The van der Waals surface area contributed by atoms with Gasteiger partial charge in [-0.05, 0) is 51.4 Å². The number of hydrogen-bond acceptors (Lipinski definition) is 6. The summed E-state index contributed by atoms with van der Waals surface area (Å²) in [5.41, 5.74) is 0. The molecule has 0 aliphatic heterocycles. The molecule has 0 aromatic carbocycles. The van der Waals surface area contributed by atoms with Crippen molar-refractivity contribution in [3.8, 4) is 0 Å². The van der Waals surface area contributed by atoms with Crippen LogP contribution in [-0.4, -0.2) is 68.5 Å². The van der Waals surface area contributed by atoms with Gasteiger partial charge in [0, 0.05) is 6.42 Å². The number of quaternary nitrogens is 1. The van der Waals surface area contributed by atoms with Crippen LogP contribution in [0.25, 0.3) is 0 Å². The lowest BCUT2D eigenvalue weighted by molar-refractivity contribution is -0.870. The molecule has 0 spiro atoms. The summed E-state index contributed by atoms with van der Waals surface area (Å²) >= 11 is 0. The summed E-state index contributed by atoms with van der Waals surface area (Å²) in [5.74, 6) is -0.229. The summed E-state index contributed by atoms with van der Waals surface area (Å²) in [5, 5.41) is 13.3. The summed E-state index contributed by atoms with van der Waals surface area (Å²) in [6, 6.07) is -0.891. The first-order chi connectivity index (χ1) is 21.0. The third-order valence-electron chi connectivity index (χ3n) is 6.71. The van der Waals surface area contributed by atoms with Gasteiger partial charge in [-0.2, -0.15) is 0 Å². The molecule has 0 radical (unpaired) electrons. The Morgan fingerprint density at radius 2 is 1.39 bits per heavy atom. The summed E-state index contributed by atoms with van der Waals surface area (Å²) in [6.07, 6.45) is 33.4. The molecule has 9 heteroatoms. The van der Waals surface area contributed by atoms with E-state index >= 15 is 0 Å². The topological polar surface area (TPSA) is 108 Å². The van der Waals surface area contributed by atoms with Crippen molar-refractivity contribution in [1.29, 1.82) is 0 Å². The van der Waals surface area contributed by atoms with Crippen molar-refractivity contribution >= 4 is 13.7 Å². The maximum atomic E-state index is 12.6. The lowest BCUT2D eigenvalue weighted by Crippen LogP contribution is -2.45. The lowest BCUT2D eigenvalue weighted by Gasteiger charge is -2.29. The molecule has 3 unspecified atom stereocenters. The fourth-order valence-electron chi connectivity index (χ4n) is 4.03. The molecule has 0 aromatic heterocycles. The van der Waals surface area contributed by atoms with Crippen molar-refractivity contribution in [3.63, 3.8) is 0 Å². The summed E-state index contributed by atoms with van der Waals surface area (Å²) in [4.78, 5) is 24.8. The quantitative estimate of drug-likeness (QED) is 0.0402. The second-order valence-electron chi connectivity index (χ2n) is 12.1. The monoisotopic (exact) mass is 638 g/mol. The SMILES string of the molecule is CC/C=C\C/C=C\C/C=C\C/C=C\CCCCCCCCC(=O)NC(COP(=O)([O-])OCC[N+](C)(C)C)C(O)/C=C/CCC. The van der Waals surface area contributed by atoms with Crippen LogP contribution in [0.4, 0.5) is 0 Å². The number of likely N-dealkylation sites (N-methyl/N-ethyl adjacent to an activating group) is 1. The van der Waals surface area contributed by atoms with Gasteiger partial charge in [-0.25, -0.2) is 0 Å². The normalized spacial score (nSPS) is 15.7. The predicted molar refractivity (Wildman–Crippen MR) is 182 cm³/mol. The zero-order valence-corrected chi connectivity index (χ0v) is 29.2. The van der Waals surface area contributed by atoms with Crippen molar-refractivity contribution in [2.45, 2.75) is 116 Å². The number of carbonyl (C=O) groups excluding carboxylic acids is 1. The highest BCUT2D eigenvalue weighted by Gasteiger charge is 2.23. The molecular weight excluding hydrogens is 575 g/mol. The van der Waals surface area contributed by atoms with Crippen LogP contribution in [0.15, 0.2) is 60.8 Å². The van der Waals surface area contributed by atoms with E-state index in [1.165, 1.54) is 12.8 Å². The molecule has 0 saturated carbocycles. The maximum absolute atomic E-state index is 12.6. The Morgan fingerprint density at radius 1 is 0.818 bits per heavy atom. The maximum Gasteiger partial charge on any atom is 0.268 e. The Balaban J connectivity index is 4.22. The minimum Gasteiger partial charge on any atom is -0.756 e. The fraction of sp³-hybridized carbons (Fsp3) is 0.686. The molecule has 1 amide bonds. The zero-order valence-electron chi connectivity index (χ0n) is 28.3. The van der Waals surface area contributed by atoms with Crippen LogP contribution in [0, 0.1) is 0 Å². The molecule has 0 fully saturated rings. The van der Waals surface area contributed by atoms with Gasteiger partial charge in [0.15, 0.2) is 0 Å². The zero-order chi connectivity index (χ0) is 32.9. The number of hydrogen-bond donors (Lipinski definition) is 2. The van der Waals surface area contributed by atoms with Gasteiger partial charge in [0.2, 0.25) is 5.91 Å². The summed E-state index contributed by atoms with van der Waals surface area (Å²) in [6.45, 7) is 4.25. The van der Waals surface area contributed by atoms with E-state index in [9.17, 15) is 19.4 Å². The van der Waals surface area contributed by atoms with Crippen LogP contribution < -0.4 is 10.2 Å². The number of aliphatic hydroxyl groups excluding tert-OH is 1. The van der Waals surface area contributed by atoms with Crippen LogP contribution in [0.3, 0.4) is 0 Å². The predicted octanol–water partition coefficient (Wildman–Crippen LogP) is 7.32. The molecule has 254 valence electrons. The fourth-order valence-corrected chi connectivity index (χ4v) is 4.75. The highest BCUT2D eigenvalue weighted by molar-refractivity contribution is 7.45. The van der Waals surface area contributed by atoms with Gasteiger partial charge in [0.25, 0.3) is 7.82 Å². The van der Waals surface area contributed by atoms with Crippen molar-refractivity contribution in [2.75, 3.05) is 40.9 Å². The number of carbonyl (C=O) groups is 1. The van der Waals surface area contributed by atoms with Crippen LogP contribution in [0.5, 0.6) is 0 Å². The first-order valence-electron chi connectivity index (χ1n) is 16.7. The first kappa shape index (κ1) is 42.2. The number of phosphoric ester groups is 1. The Kier molecular flexibility index (Phi) is 26.4. The van der Waals surface area contributed by atoms with E-state index in [0.29, 0.717) is 17.4 Å². The molecule has 3 atom stereocenters. The molecule has 2 N–H and O–H groups in total. The van der Waals surface area contributed by atoms with Crippen LogP contribution >= 0.6 is 7.82 Å². The van der Waals surface area contributed by atoms with Gasteiger partial charge in [0.1, 0.15) is 13.2 Å². The van der Waals surface area contributed by atoms with Crippen molar-refractivity contribution in [1.82, 2.24) is 5.32 Å². The number of rotatable bonds is 28. The molecule has 0 aliphatic rings. The number of aliphatic hydroxyl groups is 1. The van der Waals surface area contributed by atoms with E-state index in [1.807, 2.05) is 34.1 Å². The van der Waals surface area contributed by atoms with E-state index in [2.05, 4.69) is 60.8 Å². The van der Waals surface area contributed by atoms with Crippen LogP contribution in [0.1, 0.15) is 104 Å². The van der Waals surface area contributed by atoms with E-state index in [1.54, 1.807) is 6.08 Å². The molecule has 0 heterocycles. The molecule has 0 aromatic rings. The first-order valence-corrected chi connectivity index (χ1v) is 18.1.